The molecule has 1 fully saturated rings. The predicted molar refractivity (Wildman–Crippen MR) is 65.4 cm³/mol. The first-order valence-corrected chi connectivity index (χ1v) is 6.34. The number of fused-ring (bicyclic) bond motifs is 1. The zero-order chi connectivity index (χ0) is 11.8. The van der Waals surface area contributed by atoms with E-state index in [0.717, 1.165) is 30.9 Å². The molecule has 3 rings (SSSR count). The summed E-state index contributed by atoms with van der Waals surface area (Å²) in [5.74, 6) is -0.796. The molecule has 17 heavy (non-hydrogen) atoms. The van der Waals surface area contributed by atoms with Gasteiger partial charge in [0.25, 0.3) is 0 Å². The van der Waals surface area contributed by atoms with Crippen LogP contribution in [0.1, 0.15) is 40.7 Å². The summed E-state index contributed by atoms with van der Waals surface area (Å²) in [4.78, 5) is 11.1. The number of carbonyl (C=O) groups is 1. The van der Waals surface area contributed by atoms with Crippen LogP contribution in [0.4, 0.5) is 0 Å². The molecule has 1 unspecified atom stereocenters. The van der Waals surface area contributed by atoms with Crippen LogP contribution in [0.2, 0.25) is 0 Å². The molecule has 1 aromatic rings. The highest BCUT2D eigenvalue weighted by Gasteiger charge is 2.28. The lowest BCUT2D eigenvalue weighted by Crippen LogP contribution is -2.36. The second-order valence-corrected chi connectivity index (χ2v) is 5.13. The average Bonchev–Trinajstić information content (AvgIpc) is 3.11. The van der Waals surface area contributed by atoms with E-state index in [4.69, 9.17) is 5.11 Å². The number of carboxylic acids is 1. The van der Waals surface area contributed by atoms with Crippen LogP contribution in [0, 0.1) is 0 Å². The molecule has 1 saturated carbocycles. The van der Waals surface area contributed by atoms with Gasteiger partial charge < -0.3 is 10.4 Å². The Kier molecular flexibility index (Phi) is 2.63. The van der Waals surface area contributed by atoms with Gasteiger partial charge in [0.1, 0.15) is 0 Å². The molecular formula is C14H17NO2. The summed E-state index contributed by atoms with van der Waals surface area (Å²) in [6.45, 7) is 0. The third-order valence-corrected chi connectivity index (χ3v) is 3.76. The highest BCUT2D eigenvalue weighted by molar-refractivity contribution is 5.89. The summed E-state index contributed by atoms with van der Waals surface area (Å²) in [5, 5.41) is 12.8. The third kappa shape index (κ3) is 2.20. The summed E-state index contributed by atoms with van der Waals surface area (Å²) in [7, 11) is 0. The molecule has 2 aliphatic carbocycles. The highest BCUT2D eigenvalue weighted by atomic mass is 16.4. The molecule has 0 spiro atoms. The normalized spacial score (nSPS) is 23.2. The monoisotopic (exact) mass is 231 g/mol. The Morgan fingerprint density at radius 2 is 2.06 bits per heavy atom. The van der Waals surface area contributed by atoms with E-state index in [0.29, 0.717) is 11.6 Å². The summed E-state index contributed by atoms with van der Waals surface area (Å²) in [6, 6.07) is 6.92. The maximum absolute atomic E-state index is 11.1. The van der Waals surface area contributed by atoms with Crippen LogP contribution in [0.15, 0.2) is 18.2 Å². The number of carboxylic acid groups (broad SMARTS) is 1. The van der Waals surface area contributed by atoms with Gasteiger partial charge in [0, 0.05) is 12.1 Å². The molecule has 3 heteroatoms. The van der Waals surface area contributed by atoms with E-state index in [9.17, 15) is 4.79 Å². The van der Waals surface area contributed by atoms with Gasteiger partial charge in [-0.15, -0.1) is 0 Å². The molecule has 0 saturated heterocycles. The Morgan fingerprint density at radius 3 is 2.76 bits per heavy atom. The van der Waals surface area contributed by atoms with Crippen LogP contribution in [0.5, 0.6) is 0 Å². The van der Waals surface area contributed by atoms with Crippen molar-refractivity contribution in [3.63, 3.8) is 0 Å². The fourth-order valence-corrected chi connectivity index (χ4v) is 2.73. The van der Waals surface area contributed by atoms with E-state index in [1.807, 2.05) is 6.07 Å². The van der Waals surface area contributed by atoms with Crippen molar-refractivity contribution in [2.24, 2.45) is 0 Å². The van der Waals surface area contributed by atoms with Crippen LogP contribution in [-0.4, -0.2) is 23.2 Å². The van der Waals surface area contributed by atoms with Gasteiger partial charge in [-0.2, -0.15) is 0 Å². The minimum Gasteiger partial charge on any atom is -0.478 e. The Morgan fingerprint density at radius 1 is 1.24 bits per heavy atom. The van der Waals surface area contributed by atoms with E-state index in [2.05, 4.69) is 11.4 Å². The van der Waals surface area contributed by atoms with E-state index in [1.165, 1.54) is 18.4 Å². The van der Waals surface area contributed by atoms with Crippen LogP contribution >= 0.6 is 0 Å². The quantitative estimate of drug-likeness (QED) is 0.836. The van der Waals surface area contributed by atoms with Gasteiger partial charge in [-0.3, -0.25) is 0 Å². The summed E-state index contributed by atoms with van der Waals surface area (Å²) < 4.78 is 0. The molecule has 1 aromatic carbocycles. The number of hydrogen-bond acceptors (Lipinski definition) is 2. The van der Waals surface area contributed by atoms with Crippen molar-refractivity contribution in [1.29, 1.82) is 0 Å². The fraction of sp³-hybridized carbons (Fsp3) is 0.500. The lowest BCUT2D eigenvalue weighted by Gasteiger charge is -2.26. The van der Waals surface area contributed by atoms with Crippen LogP contribution in [0.3, 0.4) is 0 Å². The lowest BCUT2D eigenvalue weighted by molar-refractivity contribution is 0.0695. The van der Waals surface area contributed by atoms with Crippen molar-refractivity contribution in [3.05, 3.63) is 34.9 Å². The SMILES string of the molecule is O=C(O)c1cccc2c1CCC(NC1CC1)C2. The lowest BCUT2D eigenvalue weighted by atomic mass is 9.85. The average molecular weight is 231 g/mol. The Hall–Kier alpha value is -1.35. The van der Waals surface area contributed by atoms with Gasteiger partial charge in [0.15, 0.2) is 0 Å². The van der Waals surface area contributed by atoms with Crippen molar-refractivity contribution >= 4 is 5.97 Å². The Balaban J connectivity index is 1.82. The molecular weight excluding hydrogens is 214 g/mol. The molecule has 0 radical (unpaired) electrons. The van der Waals surface area contributed by atoms with Gasteiger partial charge in [0.2, 0.25) is 0 Å². The third-order valence-electron chi connectivity index (χ3n) is 3.76. The Bertz CT molecular complexity index is 452. The molecule has 0 aromatic heterocycles. The minimum atomic E-state index is -0.796. The van der Waals surface area contributed by atoms with E-state index in [-0.39, 0.29) is 0 Å². The van der Waals surface area contributed by atoms with Crippen molar-refractivity contribution in [3.8, 4) is 0 Å². The minimum absolute atomic E-state index is 0.493. The highest BCUT2D eigenvalue weighted by Crippen LogP contribution is 2.27. The van der Waals surface area contributed by atoms with Crippen LogP contribution in [-0.2, 0) is 12.8 Å². The molecule has 0 aliphatic heterocycles. The predicted octanol–water partition coefficient (Wildman–Crippen LogP) is 1.99. The van der Waals surface area contributed by atoms with Gasteiger partial charge >= 0.3 is 5.97 Å². The summed E-state index contributed by atoms with van der Waals surface area (Å²) in [5.41, 5.74) is 2.76. The van der Waals surface area contributed by atoms with E-state index in [1.54, 1.807) is 6.07 Å². The molecule has 0 bridgehead atoms. The zero-order valence-electron chi connectivity index (χ0n) is 9.78. The molecule has 0 heterocycles. The molecule has 0 amide bonds. The largest absolute Gasteiger partial charge is 0.478 e. The summed E-state index contributed by atoms with van der Waals surface area (Å²) >= 11 is 0. The van der Waals surface area contributed by atoms with Crippen molar-refractivity contribution in [2.45, 2.75) is 44.2 Å². The first-order valence-electron chi connectivity index (χ1n) is 6.34. The second-order valence-electron chi connectivity index (χ2n) is 5.13. The van der Waals surface area contributed by atoms with Crippen molar-refractivity contribution in [2.75, 3.05) is 0 Å². The molecule has 3 nitrogen and oxygen atoms in total. The maximum Gasteiger partial charge on any atom is 0.335 e. The van der Waals surface area contributed by atoms with Gasteiger partial charge in [-0.1, -0.05) is 12.1 Å². The van der Waals surface area contributed by atoms with Crippen LogP contribution < -0.4 is 5.32 Å². The number of aromatic carboxylic acids is 1. The first kappa shape index (κ1) is 10.8. The molecule has 1 atom stereocenters. The zero-order valence-corrected chi connectivity index (χ0v) is 9.78. The standard InChI is InChI=1S/C14H17NO2/c16-14(17)13-3-1-2-9-8-11(6-7-12(9)13)15-10-4-5-10/h1-3,10-11,15H,4-8H2,(H,16,17). The molecule has 2 N–H and O–H groups in total. The number of nitrogens with one attached hydrogen (secondary N) is 1. The number of benzene rings is 1. The number of hydrogen-bond donors (Lipinski definition) is 2. The second kappa shape index (κ2) is 4.15. The topological polar surface area (TPSA) is 49.3 Å². The van der Waals surface area contributed by atoms with Crippen molar-refractivity contribution in [1.82, 2.24) is 5.32 Å². The van der Waals surface area contributed by atoms with Gasteiger partial charge in [0.05, 0.1) is 5.56 Å². The maximum atomic E-state index is 11.1. The van der Waals surface area contributed by atoms with E-state index < -0.39 is 5.97 Å². The Labute approximate surface area is 101 Å². The van der Waals surface area contributed by atoms with Crippen molar-refractivity contribution < 1.29 is 9.90 Å². The first-order chi connectivity index (χ1) is 8.24. The number of rotatable bonds is 3. The van der Waals surface area contributed by atoms with Crippen LogP contribution in [0.25, 0.3) is 0 Å². The van der Waals surface area contributed by atoms with Gasteiger partial charge in [-0.05, 0) is 49.3 Å². The van der Waals surface area contributed by atoms with E-state index >= 15 is 0 Å². The summed E-state index contributed by atoms with van der Waals surface area (Å²) in [6.07, 6.45) is 5.54. The molecule has 90 valence electrons. The molecule has 2 aliphatic rings. The smallest absolute Gasteiger partial charge is 0.335 e. The fourth-order valence-electron chi connectivity index (χ4n) is 2.73. The van der Waals surface area contributed by atoms with Gasteiger partial charge in [-0.25, -0.2) is 4.79 Å².